The highest BCUT2D eigenvalue weighted by Crippen LogP contribution is 2.28. The number of esters is 1. The van der Waals surface area contributed by atoms with Crippen molar-refractivity contribution < 1.29 is 9.53 Å². The summed E-state index contributed by atoms with van der Waals surface area (Å²) in [7, 11) is 0. The van der Waals surface area contributed by atoms with E-state index >= 15 is 0 Å². The van der Waals surface area contributed by atoms with Crippen molar-refractivity contribution in [3.8, 4) is 0 Å². The zero-order chi connectivity index (χ0) is 13.1. The van der Waals surface area contributed by atoms with E-state index in [2.05, 4.69) is 20.9 Å². The van der Waals surface area contributed by atoms with Crippen molar-refractivity contribution in [2.75, 3.05) is 13.2 Å². The number of hydrogen-bond acceptors (Lipinski definition) is 3. The van der Waals surface area contributed by atoms with Gasteiger partial charge < -0.3 is 15.5 Å². The van der Waals surface area contributed by atoms with E-state index in [9.17, 15) is 4.79 Å². The van der Waals surface area contributed by atoms with Crippen LogP contribution in [0.4, 0.5) is 0 Å². The molecule has 0 saturated heterocycles. The van der Waals surface area contributed by atoms with Crippen molar-refractivity contribution >= 4 is 45.2 Å². The fourth-order valence-corrected chi connectivity index (χ4v) is 2.36. The first kappa shape index (κ1) is 16.0. The largest absolute Gasteiger partial charge is 0.465 e. The molecule has 1 unspecified atom stereocenters. The summed E-state index contributed by atoms with van der Waals surface area (Å²) < 4.78 is 6.02. The Morgan fingerprint density at radius 1 is 1.53 bits per heavy atom. The molecule has 2 aromatic rings. The van der Waals surface area contributed by atoms with E-state index in [-0.39, 0.29) is 24.9 Å². The molecule has 1 atom stereocenters. The molecular formula is C13H16BrClN2O2. The number of rotatable bonds is 4. The summed E-state index contributed by atoms with van der Waals surface area (Å²) >= 11 is 3.43. The van der Waals surface area contributed by atoms with Crippen LogP contribution >= 0.6 is 28.3 Å². The van der Waals surface area contributed by atoms with Crippen LogP contribution in [0.1, 0.15) is 18.4 Å². The normalized spacial score (nSPS) is 11.9. The molecule has 1 heterocycles. The molecule has 3 N–H and O–H groups in total. The number of aromatic nitrogens is 1. The molecule has 0 saturated carbocycles. The third-order valence-electron chi connectivity index (χ3n) is 2.86. The van der Waals surface area contributed by atoms with Gasteiger partial charge in [-0.15, -0.1) is 12.4 Å². The summed E-state index contributed by atoms with van der Waals surface area (Å²) in [5.74, 6) is -0.700. The SMILES string of the molecule is CCOC(=O)C(CN)c1c[nH]c2ccc(Br)cc12.Cl. The Morgan fingerprint density at radius 2 is 2.26 bits per heavy atom. The van der Waals surface area contributed by atoms with Crippen molar-refractivity contribution in [3.63, 3.8) is 0 Å². The molecule has 19 heavy (non-hydrogen) atoms. The van der Waals surface area contributed by atoms with E-state index in [0.29, 0.717) is 6.61 Å². The summed E-state index contributed by atoms with van der Waals surface area (Å²) in [6.45, 7) is 2.39. The lowest BCUT2D eigenvalue weighted by molar-refractivity contribution is -0.144. The second-order valence-corrected chi connectivity index (χ2v) is 4.89. The fraction of sp³-hybridized carbons (Fsp3) is 0.308. The monoisotopic (exact) mass is 346 g/mol. The van der Waals surface area contributed by atoms with Crippen LogP contribution in [0.15, 0.2) is 28.9 Å². The zero-order valence-corrected chi connectivity index (χ0v) is 12.9. The number of carbonyl (C=O) groups is 1. The second kappa shape index (κ2) is 6.93. The molecule has 2 rings (SSSR count). The number of H-pyrrole nitrogens is 1. The average molecular weight is 348 g/mol. The summed E-state index contributed by atoms with van der Waals surface area (Å²) in [5, 5.41) is 0.993. The van der Waals surface area contributed by atoms with E-state index in [0.717, 1.165) is 20.9 Å². The van der Waals surface area contributed by atoms with Crippen LogP contribution in [0.5, 0.6) is 0 Å². The Labute approximate surface area is 126 Å². The minimum atomic E-state index is -0.423. The molecule has 104 valence electrons. The van der Waals surface area contributed by atoms with Gasteiger partial charge >= 0.3 is 5.97 Å². The van der Waals surface area contributed by atoms with Gasteiger partial charge in [-0.2, -0.15) is 0 Å². The van der Waals surface area contributed by atoms with E-state index in [1.54, 1.807) is 6.92 Å². The maximum atomic E-state index is 11.9. The highest BCUT2D eigenvalue weighted by atomic mass is 79.9. The minimum Gasteiger partial charge on any atom is -0.465 e. The Hall–Kier alpha value is -1.04. The standard InChI is InChI=1S/C13H15BrN2O2.ClH/c1-2-18-13(17)10(6-15)11-7-16-12-4-3-8(14)5-9(11)12;/h3-5,7,10,16H,2,6,15H2,1H3;1H. The van der Waals surface area contributed by atoms with E-state index in [1.807, 2.05) is 24.4 Å². The molecule has 0 aliphatic heterocycles. The summed E-state index contributed by atoms with van der Waals surface area (Å²) in [5.41, 5.74) is 7.56. The third kappa shape index (κ3) is 3.29. The van der Waals surface area contributed by atoms with Gasteiger partial charge in [-0.3, -0.25) is 4.79 Å². The number of halogens is 2. The number of carbonyl (C=O) groups excluding carboxylic acids is 1. The summed E-state index contributed by atoms with van der Waals surface area (Å²) in [4.78, 5) is 15.0. The first-order valence-corrected chi connectivity index (χ1v) is 6.60. The van der Waals surface area contributed by atoms with Gasteiger partial charge in [0.2, 0.25) is 0 Å². The number of hydrogen-bond donors (Lipinski definition) is 2. The van der Waals surface area contributed by atoms with Gasteiger partial charge in [-0.1, -0.05) is 15.9 Å². The molecule has 0 fully saturated rings. The first-order chi connectivity index (χ1) is 8.67. The molecule has 0 spiro atoms. The number of fused-ring (bicyclic) bond motifs is 1. The van der Waals surface area contributed by atoms with Crippen LogP contribution < -0.4 is 5.73 Å². The highest BCUT2D eigenvalue weighted by molar-refractivity contribution is 9.10. The lowest BCUT2D eigenvalue weighted by atomic mass is 9.99. The maximum absolute atomic E-state index is 11.9. The van der Waals surface area contributed by atoms with Crippen molar-refractivity contribution in [2.45, 2.75) is 12.8 Å². The van der Waals surface area contributed by atoms with Gasteiger partial charge in [-0.25, -0.2) is 0 Å². The van der Waals surface area contributed by atoms with Crippen molar-refractivity contribution in [2.24, 2.45) is 5.73 Å². The fourth-order valence-electron chi connectivity index (χ4n) is 2.00. The molecule has 0 aliphatic rings. The first-order valence-electron chi connectivity index (χ1n) is 5.80. The molecule has 0 radical (unpaired) electrons. The third-order valence-corrected chi connectivity index (χ3v) is 3.35. The van der Waals surface area contributed by atoms with Gasteiger partial charge in [0.1, 0.15) is 0 Å². The summed E-state index contributed by atoms with van der Waals surface area (Å²) in [6, 6.07) is 5.88. The topological polar surface area (TPSA) is 68.1 Å². The molecule has 0 amide bonds. The van der Waals surface area contributed by atoms with Crippen molar-refractivity contribution in [1.82, 2.24) is 4.98 Å². The molecule has 0 aliphatic carbocycles. The molecule has 4 nitrogen and oxygen atoms in total. The second-order valence-electron chi connectivity index (χ2n) is 3.97. The number of aromatic amines is 1. The van der Waals surface area contributed by atoms with Crippen molar-refractivity contribution in [3.05, 3.63) is 34.4 Å². The van der Waals surface area contributed by atoms with Gasteiger partial charge in [0.25, 0.3) is 0 Å². The van der Waals surface area contributed by atoms with Crippen molar-refractivity contribution in [1.29, 1.82) is 0 Å². The van der Waals surface area contributed by atoms with Gasteiger partial charge in [0.15, 0.2) is 0 Å². The molecule has 1 aromatic heterocycles. The average Bonchev–Trinajstić information content (AvgIpc) is 2.74. The Kier molecular flexibility index (Phi) is 5.85. The Morgan fingerprint density at radius 3 is 2.89 bits per heavy atom. The van der Waals surface area contributed by atoms with Crippen LogP contribution in [0.3, 0.4) is 0 Å². The quantitative estimate of drug-likeness (QED) is 0.836. The zero-order valence-electron chi connectivity index (χ0n) is 10.5. The number of ether oxygens (including phenoxy) is 1. The van der Waals surface area contributed by atoms with Crippen LogP contribution in [0, 0.1) is 0 Å². The summed E-state index contributed by atoms with van der Waals surface area (Å²) in [6.07, 6.45) is 1.82. The molecule has 6 heteroatoms. The predicted octanol–water partition coefficient (Wildman–Crippen LogP) is 2.96. The Bertz CT molecular complexity index is 571. The highest BCUT2D eigenvalue weighted by Gasteiger charge is 2.23. The van der Waals surface area contributed by atoms with Gasteiger partial charge in [-0.05, 0) is 30.7 Å². The van der Waals surface area contributed by atoms with Crippen LogP contribution in [0.2, 0.25) is 0 Å². The van der Waals surface area contributed by atoms with Crippen LogP contribution in [-0.2, 0) is 9.53 Å². The van der Waals surface area contributed by atoms with E-state index in [4.69, 9.17) is 10.5 Å². The number of nitrogens with two attached hydrogens (primary N) is 1. The van der Waals surface area contributed by atoms with Crippen LogP contribution in [-0.4, -0.2) is 24.1 Å². The van der Waals surface area contributed by atoms with Gasteiger partial charge in [0.05, 0.1) is 12.5 Å². The lowest BCUT2D eigenvalue weighted by Gasteiger charge is -2.12. The lowest BCUT2D eigenvalue weighted by Crippen LogP contribution is -2.23. The smallest absolute Gasteiger partial charge is 0.314 e. The molecule has 1 aromatic carbocycles. The van der Waals surface area contributed by atoms with E-state index < -0.39 is 5.92 Å². The minimum absolute atomic E-state index is 0. The molecular weight excluding hydrogens is 332 g/mol. The maximum Gasteiger partial charge on any atom is 0.314 e. The number of nitrogens with one attached hydrogen (secondary N) is 1. The van der Waals surface area contributed by atoms with E-state index in [1.165, 1.54) is 0 Å². The van der Waals surface area contributed by atoms with Gasteiger partial charge in [0, 0.05) is 28.1 Å². The Balaban J connectivity index is 0.00000180. The number of benzene rings is 1. The molecule has 0 bridgehead atoms. The van der Waals surface area contributed by atoms with Crippen LogP contribution in [0.25, 0.3) is 10.9 Å². The predicted molar refractivity (Wildman–Crippen MR) is 81.7 cm³/mol.